The standard InChI is InChI=1S/2C29H31N2O5.2C22H25N2O4/c2*1-31(2,3)24-12-10-21(11-13-24)16-28(32)36-20-30-26-15-14-25(35-19-22-8-6-5-7-9-22)17-23(26)18-27(30)29(33)34-4;2*1-24(2,3)18-11-9-16(10-12-18)13-21(25)28-15-23-19-8-6-5-7-17(19)14-20(23)22(26)27-4/h2*5-15,17-18H,16,19-20H2,1-4H3;2*5-12,14H,13,15H2,1-4H3/q4*+1. The number of carbonyl (C=O) groups is 8. The first-order valence-electron chi connectivity index (χ1n) is 41.4. The van der Waals surface area contributed by atoms with Gasteiger partial charge in [-0.25, -0.2) is 19.2 Å². The molecule has 0 saturated heterocycles. The van der Waals surface area contributed by atoms with Crippen LogP contribution in [-0.2, 0) is 123 Å². The van der Waals surface area contributed by atoms with Crippen molar-refractivity contribution in [1.29, 1.82) is 0 Å². The first kappa shape index (κ1) is 94.2. The predicted molar refractivity (Wildman–Crippen MR) is 498 cm³/mol. The van der Waals surface area contributed by atoms with Crippen molar-refractivity contribution in [3.05, 3.63) is 323 Å². The summed E-state index contributed by atoms with van der Waals surface area (Å²) in [6.45, 7) is 0.567. The third-order valence-corrected chi connectivity index (χ3v) is 21.1. The Balaban J connectivity index is 0.000000166. The minimum Gasteiger partial charge on any atom is -0.489 e. The van der Waals surface area contributed by atoms with E-state index in [0.29, 0.717) is 65.4 Å². The highest BCUT2D eigenvalue weighted by molar-refractivity contribution is 5.99. The highest BCUT2D eigenvalue weighted by Crippen LogP contribution is 2.31. The second kappa shape index (κ2) is 42.5. The van der Waals surface area contributed by atoms with Crippen LogP contribution < -0.4 is 27.4 Å². The summed E-state index contributed by atoms with van der Waals surface area (Å²) < 4.78 is 62.8. The van der Waals surface area contributed by atoms with Crippen molar-refractivity contribution in [2.24, 2.45) is 0 Å². The van der Waals surface area contributed by atoms with Gasteiger partial charge in [0.1, 0.15) is 70.2 Å². The fourth-order valence-electron chi connectivity index (χ4n) is 13.9. The zero-order chi connectivity index (χ0) is 92.0. The van der Waals surface area contributed by atoms with Crippen LogP contribution in [0.25, 0.3) is 43.6 Å². The second-order valence-corrected chi connectivity index (χ2v) is 33.9. The molecule has 0 aliphatic heterocycles. The number of para-hydroxylation sites is 2. The van der Waals surface area contributed by atoms with Crippen molar-refractivity contribution in [3.63, 3.8) is 0 Å². The quantitative estimate of drug-likeness (QED) is 0.0230. The number of benzene rings is 10. The van der Waals surface area contributed by atoms with E-state index in [1.807, 2.05) is 243 Å². The average molecular weight is 1740 g/mol. The number of carbonyl (C=O) groups excluding carboxylic acids is 8. The molecule has 4 aromatic heterocycles. The summed E-state index contributed by atoms with van der Waals surface area (Å²) in [5.41, 5.74) is 14.6. The van der Waals surface area contributed by atoms with Crippen LogP contribution in [0.15, 0.2) is 267 Å². The molecule has 0 unspecified atom stereocenters. The molecule has 0 aliphatic rings. The van der Waals surface area contributed by atoms with E-state index in [4.69, 9.17) is 47.4 Å². The van der Waals surface area contributed by atoms with Gasteiger partial charge in [0.15, 0.2) is 26.9 Å². The molecule has 0 atom stereocenters. The van der Waals surface area contributed by atoms with E-state index in [1.165, 1.54) is 28.4 Å². The van der Waals surface area contributed by atoms with Gasteiger partial charge >= 0.3 is 47.8 Å². The van der Waals surface area contributed by atoms with Crippen LogP contribution >= 0.6 is 0 Å². The molecule has 0 saturated carbocycles. The minimum atomic E-state index is -0.509. The maximum atomic E-state index is 12.6. The maximum absolute atomic E-state index is 12.6. The molecule has 0 aliphatic carbocycles. The molecule has 0 amide bonds. The smallest absolute Gasteiger partial charge is 0.354 e. The molecule has 4 heterocycles. The maximum Gasteiger partial charge on any atom is 0.354 e. The fourth-order valence-corrected chi connectivity index (χ4v) is 13.9. The number of fused-ring (bicyclic) bond motifs is 4. The van der Waals surface area contributed by atoms with Crippen LogP contribution in [0.4, 0.5) is 22.7 Å². The van der Waals surface area contributed by atoms with Crippen LogP contribution in [-0.4, -0.2) is 179 Å². The molecular weight excluding hydrogens is 1630 g/mol. The third-order valence-electron chi connectivity index (χ3n) is 21.1. The van der Waals surface area contributed by atoms with Gasteiger partial charge in [-0.15, -0.1) is 0 Å². The molecular formula is C102H112N8O18+4. The molecule has 26 heteroatoms. The molecule has 0 bridgehead atoms. The zero-order valence-electron chi connectivity index (χ0n) is 75.4. The summed E-state index contributed by atoms with van der Waals surface area (Å²) >= 11 is 0. The van der Waals surface area contributed by atoms with Crippen molar-refractivity contribution < 1.29 is 85.7 Å². The van der Waals surface area contributed by atoms with Gasteiger partial charge in [-0.3, -0.25) is 37.1 Å². The van der Waals surface area contributed by atoms with Gasteiger partial charge in [0.25, 0.3) is 0 Å². The van der Waals surface area contributed by atoms with E-state index in [2.05, 4.69) is 84.6 Å². The van der Waals surface area contributed by atoms with E-state index in [-0.39, 0.29) is 76.5 Å². The number of ether oxygens (including phenoxy) is 10. The molecule has 664 valence electrons. The number of aromatic nitrogens is 4. The lowest BCUT2D eigenvalue weighted by atomic mass is 10.1. The van der Waals surface area contributed by atoms with Crippen molar-refractivity contribution in [2.75, 3.05) is 113 Å². The molecule has 128 heavy (non-hydrogen) atoms. The van der Waals surface area contributed by atoms with Crippen LogP contribution in [0.1, 0.15) is 75.3 Å². The predicted octanol–water partition coefficient (Wildman–Crippen LogP) is 16.6. The van der Waals surface area contributed by atoms with Crippen LogP contribution in [0.2, 0.25) is 0 Å². The summed E-state index contributed by atoms with van der Waals surface area (Å²) in [6, 6.07) is 84.4. The van der Waals surface area contributed by atoms with E-state index in [1.54, 1.807) is 42.5 Å². The van der Waals surface area contributed by atoms with E-state index >= 15 is 0 Å². The SMILES string of the molecule is COC(=O)c1cc2cc(OCc3ccccc3)ccc2n1COC(=O)Cc1ccc([N+](C)(C)C)cc1.COC(=O)c1cc2cc(OCc3ccccc3)ccc2n1COC(=O)Cc1ccc([N+](C)(C)C)cc1.COC(=O)c1cc2ccccc2n1COC(=O)Cc1ccc([N+](C)(C)C)cc1.COC(=O)c1cc2ccccc2n1COC(=O)Cc1ccc([N+](C)(C)C)cc1. The average Bonchev–Trinajstić information content (AvgIpc) is 1.63. The Morgan fingerprint density at radius 3 is 0.711 bits per heavy atom. The molecule has 10 aromatic carbocycles. The van der Waals surface area contributed by atoms with Gasteiger partial charge < -0.3 is 65.6 Å². The molecule has 0 N–H and O–H groups in total. The lowest BCUT2D eigenvalue weighted by Crippen LogP contribution is -2.34. The second-order valence-electron chi connectivity index (χ2n) is 33.9. The van der Waals surface area contributed by atoms with Crippen molar-refractivity contribution in [3.8, 4) is 11.5 Å². The number of methoxy groups -OCH3 is 4. The molecule has 0 fully saturated rings. The molecule has 14 rings (SSSR count). The van der Waals surface area contributed by atoms with Crippen molar-refractivity contribution in [2.45, 2.75) is 65.8 Å². The van der Waals surface area contributed by atoms with Crippen LogP contribution in [0.3, 0.4) is 0 Å². The molecule has 0 spiro atoms. The first-order chi connectivity index (χ1) is 61.1. The van der Waals surface area contributed by atoms with Gasteiger partial charge in [-0.05, 0) is 155 Å². The van der Waals surface area contributed by atoms with Crippen LogP contribution in [0, 0.1) is 0 Å². The molecule has 26 nitrogen and oxygen atoms in total. The van der Waals surface area contributed by atoms with E-state index in [0.717, 1.165) is 99.7 Å². The summed E-state index contributed by atoms with van der Waals surface area (Å²) in [5, 5.41) is 3.34. The summed E-state index contributed by atoms with van der Waals surface area (Å²) in [4.78, 5) is 98.8. The highest BCUT2D eigenvalue weighted by Gasteiger charge is 2.25. The third kappa shape index (κ3) is 25.4. The summed E-state index contributed by atoms with van der Waals surface area (Å²) in [6.07, 6.45) is 0.623. The number of hydrogen-bond acceptors (Lipinski definition) is 18. The van der Waals surface area contributed by atoms with Crippen LogP contribution in [0.5, 0.6) is 11.5 Å². The van der Waals surface area contributed by atoms with Gasteiger partial charge in [0, 0.05) is 21.5 Å². The Kier molecular flexibility index (Phi) is 31.3. The summed E-state index contributed by atoms with van der Waals surface area (Å²) in [5.74, 6) is -2.08. The Bertz CT molecular complexity index is 5830. The lowest BCUT2D eigenvalue weighted by Gasteiger charge is -2.23. The Morgan fingerprint density at radius 2 is 0.469 bits per heavy atom. The monoisotopic (exact) mass is 1740 g/mol. The highest BCUT2D eigenvalue weighted by atomic mass is 16.6. The van der Waals surface area contributed by atoms with Crippen molar-refractivity contribution >= 4 is 114 Å². The Hall–Kier alpha value is -14.4. The molecule has 0 radical (unpaired) electrons. The number of hydrogen-bond donors (Lipinski definition) is 0. The number of nitrogens with zero attached hydrogens (tertiary/aromatic N) is 8. The van der Waals surface area contributed by atoms with E-state index in [9.17, 15) is 38.4 Å². The summed E-state index contributed by atoms with van der Waals surface area (Å²) in [7, 11) is 30.3. The zero-order valence-corrected chi connectivity index (χ0v) is 75.4. The molecule has 14 aromatic rings. The topological polar surface area (TPSA) is 249 Å². The Labute approximate surface area is 745 Å². The largest absolute Gasteiger partial charge is 0.489 e. The lowest BCUT2D eigenvalue weighted by molar-refractivity contribution is -0.147. The van der Waals surface area contributed by atoms with Gasteiger partial charge in [-0.1, -0.05) is 146 Å². The van der Waals surface area contributed by atoms with Gasteiger partial charge in [0.05, 0.1) is 161 Å². The normalized spacial score (nSPS) is 11.4. The van der Waals surface area contributed by atoms with Gasteiger partial charge in [-0.2, -0.15) is 0 Å². The number of esters is 8. The van der Waals surface area contributed by atoms with Crippen molar-refractivity contribution in [1.82, 2.24) is 36.2 Å². The first-order valence-corrected chi connectivity index (χ1v) is 41.4. The number of rotatable bonds is 30. The number of quaternary nitrogens is 4. The Morgan fingerprint density at radius 1 is 0.242 bits per heavy atom. The van der Waals surface area contributed by atoms with E-state index < -0.39 is 23.9 Å². The minimum absolute atomic E-state index is 0.0479. The van der Waals surface area contributed by atoms with Gasteiger partial charge in [0.2, 0.25) is 0 Å². The fraction of sp³-hybridized carbons (Fsp3) is 0.255.